The lowest BCUT2D eigenvalue weighted by Crippen LogP contribution is -2.38. The number of fused-ring (bicyclic) bond motifs is 1. The molecule has 1 atom stereocenters. The molecule has 0 aromatic carbocycles. The molecule has 3 aromatic rings. The van der Waals surface area contributed by atoms with Gasteiger partial charge in [-0.1, -0.05) is 25.9 Å². The third kappa shape index (κ3) is 3.87. The van der Waals surface area contributed by atoms with Gasteiger partial charge in [-0.05, 0) is 49.5 Å². The highest BCUT2D eigenvalue weighted by Gasteiger charge is 2.36. The smallest absolute Gasteiger partial charge is 0.271 e. The minimum absolute atomic E-state index is 0.00140. The molecule has 1 aliphatic carbocycles. The molecule has 0 bridgehead atoms. The van der Waals surface area contributed by atoms with Crippen molar-refractivity contribution < 1.29 is 9.32 Å². The Labute approximate surface area is 188 Å². The Morgan fingerprint density at radius 1 is 1.22 bits per heavy atom. The zero-order valence-corrected chi connectivity index (χ0v) is 19.4. The highest BCUT2D eigenvalue weighted by Crippen LogP contribution is 2.41. The van der Waals surface area contributed by atoms with E-state index in [1.54, 1.807) is 10.9 Å². The Kier molecular flexibility index (Phi) is 5.18. The molecule has 0 spiro atoms. The van der Waals surface area contributed by atoms with Crippen LogP contribution in [-0.4, -0.2) is 49.0 Å². The molecule has 1 amide bonds. The minimum atomic E-state index is -0.00140. The number of carbonyl (C=O) groups excluding carboxylic acids is 1. The Bertz CT molecular complexity index is 1110. The van der Waals surface area contributed by atoms with Gasteiger partial charge >= 0.3 is 0 Å². The number of nitrogens with zero attached hydrogens (tertiary/aromatic N) is 5. The number of piperidine rings is 1. The minimum Gasteiger partial charge on any atom is -0.361 e. The van der Waals surface area contributed by atoms with Gasteiger partial charge in [0.15, 0.2) is 0 Å². The number of H-pyrrole nitrogens is 1. The lowest BCUT2D eigenvalue weighted by atomic mass is 9.71. The monoisotopic (exact) mass is 436 g/mol. The van der Waals surface area contributed by atoms with E-state index >= 15 is 0 Å². The fraction of sp³-hybridized carbons (Fsp3) is 0.583. The van der Waals surface area contributed by atoms with E-state index in [9.17, 15) is 4.79 Å². The predicted molar refractivity (Wildman–Crippen MR) is 120 cm³/mol. The molecular weight excluding hydrogens is 404 g/mol. The lowest BCUT2D eigenvalue weighted by molar-refractivity contribution is 0.0699. The number of aromatic nitrogens is 5. The van der Waals surface area contributed by atoms with Crippen molar-refractivity contribution in [3.8, 4) is 11.3 Å². The molecule has 8 heteroatoms. The highest BCUT2D eigenvalue weighted by atomic mass is 16.5. The van der Waals surface area contributed by atoms with Gasteiger partial charge in [0.1, 0.15) is 11.5 Å². The molecule has 1 aliphatic heterocycles. The van der Waals surface area contributed by atoms with Crippen molar-refractivity contribution in [2.45, 2.75) is 58.8 Å². The van der Waals surface area contributed by atoms with Gasteiger partial charge in [0.25, 0.3) is 5.91 Å². The SMILES string of the molecule is Cn1cc(-c2cc(C(=O)N3CCC(c4onc5c4CC(C(C)(C)C)CC5)CC3)[nH]n2)cn1. The lowest BCUT2D eigenvalue weighted by Gasteiger charge is -2.34. The Morgan fingerprint density at radius 3 is 2.69 bits per heavy atom. The molecule has 5 rings (SSSR count). The van der Waals surface area contributed by atoms with E-state index in [1.807, 2.05) is 24.2 Å². The van der Waals surface area contributed by atoms with Crippen molar-refractivity contribution in [3.63, 3.8) is 0 Å². The van der Waals surface area contributed by atoms with Gasteiger partial charge < -0.3 is 9.42 Å². The summed E-state index contributed by atoms with van der Waals surface area (Å²) in [6.07, 6.45) is 8.69. The van der Waals surface area contributed by atoms with E-state index in [2.05, 4.69) is 41.2 Å². The van der Waals surface area contributed by atoms with Crippen molar-refractivity contribution in [1.29, 1.82) is 0 Å². The van der Waals surface area contributed by atoms with E-state index in [-0.39, 0.29) is 5.91 Å². The molecule has 1 N–H and O–H groups in total. The number of hydrogen-bond acceptors (Lipinski definition) is 5. The molecule has 32 heavy (non-hydrogen) atoms. The third-order valence-corrected chi connectivity index (χ3v) is 7.27. The van der Waals surface area contributed by atoms with Gasteiger partial charge in [0.2, 0.25) is 0 Å². The standard InChI is InChI=1S/C24H32N6O2/c1-24(2,3)17-5-6-19-18(11-17)22(32-28-19)15-7-9-30(10-8-15)23(31)21-12-20(26-27-21)16-13-25-29(4)14-16/h12-15,17H,5-11H2,1-4H3,(H,26,27). The van der Waals surface area contributed by atoms with Gasteiger partial charge in [-0.25, -0.2) is 0 Å². The normalized spacial score (nSPS) is 19.9. The fourth-order valence-electron chi connectivity index (χ4n) is 5.14. The summed E-state index contributed by atoms with van der Waals surface area (Å²) in [5.41, 5.74) is 4.94. The van der Waals surface area contributed by atoms with E-state index in [0.717, 1.165) is 48.4 Å². The summed E-state index contributed by atoms with van der Waals surface area (Å²) >= 11 is 0. The summed E-state index contributed by atoms with van der Waals surface area (Å²) in [4.78, 5) is 14.9. The number of nitrogens with one attached hydrogen (secondary N) is 1. The van der Waals surface area contributed by atoms with Gasteiger partial charge in [0.05, 0.1) is 17.6 Å². The number of hydrogen-bond donors (Lipinski definition) is 1. The number of aryl methyl sites for hydroxylation is 2. The van der Waals surface area contributed by atoms with Crippen molar-refractivity contribution >= 4 is 5.91 Å². The first-order chi connectivity index (χ1) is 15.3. The number of likely N-dealkylation sites (tertiary alicyclic amines) is 1. The largest absolute Gasteiger partial charge is 0.361 e. The van der Waals surface area contributed by atoms with Crippen LogP contribution in [-0.2, 0) is 19.9 Å². The van der Waals surface area contributed by atoms with Crippen molar-refractivity contribution in [3.05, 3.63) is 41.2 Å². The molecule has 3 aromatic heterocycles. The van der Waals surface area contributed by atoms with Crippen LogP contribution in [0.4, 0.5) is 0 Å². The zero-order valence-electron chi connectivity index (χ0n) is 19.4. The summed E-state index contributed by atoms with van der Waals surface area (Å²) in [7, 11) is 1.86. The maximum absolute atomic E-state index is 13.0. The summed E-state index contributed by atoms with van der Waals surface area (Å²) in [6.45, 7) is 8.41. The van der Waals surface area contributed by atoms with Crippen LogP contribution >= 0.6 is 0 Å². The predicted octanol–water partition coefficient (Wildman–Crippen LogP) is 3.97. The molecule has 0 saturated carbocycles. The van der Waals surface area contributed by atoms with E-state index in [0.29, 0.717) is 36.0 Å². The van der Waals surface area contributed by atoms with Crippen LogP contribution in [0.3, 0.4) is 0 Å². The molecule has 2 aliphatic rings. The first kappa shape index (κ1) is 21.0. The Hall–Kier alpha value is -2.90. The van der Waals surface area contributed by atoms with Crippen LogP contribution in [0, 0.1) is 11.3 Å². The first-order valence-electron chi connectivity index (χ1n) is 11.6. The molecule has 4 heterocycles. The zero-order chi connectivity index (χ0) is 22.5. The van der Waals surface area contributed by atoms with Crippen LogP contribution in [0.2, 0.25) is 0 Å². The third-order valence-electron chi connectivity index (χ3n) is 7.27. The number of carbonyl (C=O) groups is 1. The molecule has 1 fully saturated rings. The quantitative estimate of drug-likeness (QED) is 0.671. The fourth-order valence-corrected chi connectivity index (χ4v) is 5.14. The maximum Gasteiger partial charge on any atom is 0.271 e. The summed E-state index contributed by atoms with van der Waals surface area (Å²) in [5.74, 6) is 2.06. The second-order valence-corrected chi connectivity index (χ2v) is 10.4. The second kappa shape index (κ2) is 7.90. The van der Waals surface area contributed by atoms with Crippen molar-refractivity contribution in [1.82, 2.24) is 30.0 Å². The van der Waals surface area contributed by atoms with Gasteiger partial charge in [0, 0.05) is 43.4 Å². The van der Waals surface area contributed by atoms with Gasteiger partial charge in [-0.3, -0.25) is 14.6 Å². The summed E-state index contributed by atoms with van der Waals surface area (Å²) in [6, 6.07) is 1.81. The number of amides is 1. The molecular formula is C24H32N6O2. The van der Waals surface area contributed by atoms with E-state index in [4.69, 9.17) is 4.52 Å². The van der Waals surface area contributed by atoms with Crippen LogP contribution in [0.25, 0.3) is 11.3 Å². The van der Waals surface area contributed by atoms with Crippen LogP contribution in [0.5, 0.6) is 0 Å². The first-order valence-corrected chi connectivity index (χ1v) is 11.6. The van der Waals surface area contributed by atoms with E-state index in [1.165, 1.54) is 12.0 Å². The molecule has 0 radical (unpaired) electrons. The van der Waals surface area contributed by atoms with Crippen molar-refractivity contribution in [2.24, 2.45) is 18.4 Å². The molecule has 170 valence electrons. The van der Waals surface area contributed by atoms with Crippen LogP contribution in [0.15, 0.2) is 23.0 Å². The average Bonchev–Trinajstić information content (AvgIpc) is 3.51. The molecule has 1 unspecified atom stereocenters. The second-order valence-electron chi connectivity index (χ2n) is 10.4. The Balaban J connectivity index is 1.24. The topological polar surface area (TPSA) is 92.8 Å². The number of rotatable bonds is 3. The van der Waals surface area contributed by atoms with E-state index < -0.39 is 0 Å². The average molecular weight is 437 g/mol. The maximum atomic E-state index is 13.0. The van der Waals surface area contributed by atoms with Crippen molar-refractivity contribution in [2.75, 3.05) is 13.1 Å². The Morgan fingerprint density at radius 2 is 2.00 bits per heavy atom. The van der Waals surface area contributed by atoms with Crippen LogP contribution in [0.1, 0.15) is 73.5 Å². The summed E-state index contributed by atoms with van der Waals surface area (Å²) in [5, 5.41) is 15.8. The highest BCUT2D eigenvalue weighted by molar-refractivity contribution is 5.93. The van der Waals surface area contributed by atoms with Crippen LogP contribution < -0.4 is 0 Å². The van der Waals surface area contributed by atoms with Gasteiger partial charge in [-0.15, -0.1) is 0 Å². The van der Waals surface area contributed by atoms with Gasteiger partial charge in [-0.2, -0.15) is 10.2 Å². The number of aromatic amines is 1. The molecule has 8 nitrogen and oxygen atoms in total. The molecule has 1 saturated heterocycles. The summed E-state index contributed by atoms with van der Waals surface area (Å²) < 4.78 is 7.60.